The van der Waals surface area contributed by atoms with Gasteiger partial charge in [-0.15, -0.1) is 0 Å². The molecule has 0 fully saturated rings. The molecule has 0 spiro atoms. The number of H-pyrrole nitrogens is 1. The predicted octanol–water partition coefficient (Wildman–Crippen LogP) is 2.50. The van der Waals surface area contributed by atoms with Crippen molar-refractivity contribution < 1.29 is 9.85 Å². The molecule has 0 bridgehead atoms. The summed E-state index contributed by atoms with van der Waals surface area (Å²) in [6.45, 7) is 10.4. The summed E-state index contributed by atoms with van der Waals surface area (Å²) in [7, 11) is 3.58. The fourth-order valence-corrected chi connectivity index (χ4v) is 2.63. The first-order valence-electron chi connectivity index (χ1n) is 8.85. The molecular weight excluding hydrogens is 394 g/mol. The van der Waals surface area contributed by atoms with Crippen LogP contribution in [-0.2, 0) is 14.1 Å². The van der Waals surface area contributed by atoms with Crippen LogP contribution in [0.1, 0.15) is 34.2 Å². The lowest BCUT2D eigenvalue weighted by Crippen LogP contribution is -1.94. The van der Waals surface area contributed by atoms with E-state index in [1.807, 2.05) is 20.9 Å². The van der Waals surface area contributed by atoms with Gasteiger partial charge >= 0.3 is 11.4 Å². The SMILES string of the molecule is Cc1n[nH]c(C)c1[N+](=O)[O-].Cc1nn(C)c(C)c1N.Cc1nn(C)c(C)c1[N+](=O)[O-]. The molecule has 13 nitrogen and oxygen atoms in total. The highest BCUT2D eigenvalue weighted by molar-refractivity contribution is 5.46. The first-order chi connectivity index (χ1) is 13.8. The summed E-state index contributed by atoms with van der Waals surface area (Å²) in [5.74, 6) is 0. The van der Waals surface area contributed by atoms with E-state index in [4.69, 9.17) is 5.73 Å². The fraction of sp³-hybridized carbons (Fsp3) is 0.471. The fourth-order valence-electron chi connectivity index (χ4n) is 2.63. The zero-order valence-electron chi connectivity index (χ0n) is 18.3. The van der Waals surface area contributed by atoms with Crippen molar-refractivity contribution in [1.29, 1.82) is 0 Å². The van der Waals surface area contributed by atoms with Gasteiger partial charge in [0.05, 0.1) is 26.9 Å². The summed E-state index contributed by atoms with van der Waals surface area (Å²) in [4.78, 5) is 19.8. The predicted molar refractivity (Wildman–Crippen MR) is 111 cm³/mol. The third-order valence-corrected chi connectivity index (χ3v) is 4.49. The molecule has 13 heteroatoms. The molecule has 0 unspecified atom stereocenters. The van der Waals surface area contributed by atoms with Crippen molar-refractivity contribution >= 4 is 17.1 Å². The number of aromatic amines is 1. The van der Waals surface area contributed by atoms with Gasteiger partial charge in [0.1, 0.15) is 22.8 Å². The number of nitrogen functional groups attached to an aromatic ring is 1. The largest absolute Gasteiger partial charge is 0.396 e. The average molecular weight is 421 g/mol. The number of hydrogen-bond donors (Lipinski definition) is 2. The number of anilines is 1. The minimum atomic E-state index is -0.436. The summed E-state index contributed by atoms with van der Waals surface area (Å²) in [5.41, 5.74) is 10.6. The minimum Gasteiger partial charge on any atom is -0.396 e. The number of aromatic nitrogens is 6. The van der Waals surface area contributed by atoms with Gasteiger partial charge in [0.2, 0.25) is 0 Å². The minimum absolute atomic E-state index is 0.0833. The molecule has 3 heterocycles. The molecule has 0 aliphatic heterocycles. The van der Waals surface area contributed by atoms with Crippen LogP contribution in [0.5, 0.6) is 0 Å². The van der Waals surface area contributed by atoms with Gasteiger partial charge in [0.15, 0.2) is 0 Å². The van der Waals surface area contributed by atoms with Crippen LogP contribution in [0, 0.1) is 61.8 Å². The monoisotopic (exact) mass is 421 g/mol. The molecular formula is C17H27N9O4. The zero-order valence-corrected chi connectivity index (χ0v) is 18.3. The molecule has 164 valence electrons. The van der Waals surface area contributed by atoms with E-state index in [2.05, 4.69) is 20.4 Å². The molecule has 3 rings (SSSR count). The lowest BCUT2D eigenvalue weighted by Gasteiger charge is -1.90. The van der Waals surface area contributed by atoms with Crippen molar-refractivity contribution in [1.82, 2.24) is 29.8 Å². The van der Waals surface area contributed by atoms with Gasteiger partial charge in [-0.1, -0.05) is 0 Å². The van der Waals surface area contributed by atoms with Crippen LogP contribution in [-0.4, -0.2) is 39.6 Å². The van der Waals surface area contributed by atoms with Gasteiger partial charge < -0.3 is 5.73 Å². The van der Waals surface area contributed by atoms with Crippen LogP contribution < -0.4 is 5.73 Å². The normalized spacial score (nSPS) is 10.0. The van der Waals surface area contributed by atoms with E-state index in [0.717, 1.165) is 17.1 Å². The van der Waals surface area contributed by atoms with Gasteiger partial charge in [0, 0.05) is 14.1 Å². The Morgan fingerprint density at radius 1 is 0.800 bits per heavy atom. The van der Waals surface area contributed by atoms with Crippen LogP contribution in [0.4, 0.5) is 17.1 Å². The van der Waals surface area contributed by atoms with E-state index in [1.54, 1.807) is 39.4 Å². The molecule has 0 aliphatic rings. The Morgan fingerprint density at radius 3 is 1.43 bits per heavy atom. The van der Waals surface area contributed by atoms with Crippen molar-refractivity contribution in [2.24, 2.45) is 14.1 Å². The zero-order chi connectivity index (χ0) is 23.3. The van der Waals surface area contributed by atoms with Gasteiger partial charge in [-0.25, -0.2) is 0 Å². The van der Waals surface area contributed by atoms with Crippen LogP contribution >= 0.6 is 0 Å². The lowest BCUT2D eigenvalue weighted by molar-refractivity contribution is -0.386. The second-order valence-corrected chi connectivity index (χ2v) is 6.65. The summed E-state index contributed by atoms with van der Waals surface area (Å²) >= 11 is 0. The first-order valence-corrected chi connectivity index (χ1v) is 8.85. The molecule has 0 amide bonds. The molecule has 0 aromatic carbocycles. The summed E-state index contributed by atoms with van der Waals surface area (Å²) in [5, 5.41) is 34.9. The van der Waals surface area contributed by atoms with E-state index < -0.39 is 9.85 Å². The number of nitrogens with zero attached hydrogens (tertiary/aromatic N) is 7. The van der Waals surface area contributed by atoms with E-state index in [1.165, 1.54) is 4.68 Å². The number of nitro groups is 2. The Balaban J connectivity index is 0.000000226. The number of aryl methyl sites for hydroxylation is 6. The molecule has 0 aliphatic carbocycles. The maximum Gasteiger partial charge on any atom is 0.312 e. The number of nitrogens with two attached hydrogens (primary N) is 1. The maximum absolute atomic E-state index is 10.4. The van der Waals surface area contributed by atoms with Gasteiger partial charge in [-0.2, -0.15) is 15.3 Å². The van der Waals surface area contributed by atoms with Crippen molar-refractivity contribution in [3.8, 4) is 0 Å². The highest BCUT2D eigenvalue weighted by atomic mass is 16.6. The van der Waals surface area contributed by atoms with Gasteiger partial charge in [0.25, 0.3) is 0 Å². The number of hydrogen-bond acceptors (Lipinski definition) is 8. The van der Waals surface area contributed by atoms with Crippen LogP contribution in [0.15, 0.2) is 0 Å². The number of rotatable bonds is 2. The summed E-state index contributed by atoms with van der Waals surface area (Å²) in [6.07, 6.45) is 0. The van der Waals surface area contributed by atoms with E-state index in [-0.39, 0.29) is 11.4 Å². The van der Waals surface area contributed by atoms with Crippen LogP contribution in [0.3, 0.4) is 0 Å². The van der Waals surface area contributed by atoms with Crippen molar-refractivity contribution in [2.45, 2.75) is 41.5 Å². The Kier molecular flexibility index (Phi) is 7.79. The van der Waals surface area contributed by atoms with E-state index >= 15 is 0 Å². The Bertz CT molecular complexity index is 1020. The third kappa shape index (κ3) is 5.40. The third-order valence-electron chi connectivity index (χ3n) is 4.49. The lowest BCUT2D eigenvalue weighted by atomic mass is 10.3. The second kappa shape index (κ2) is 9.62. The summed E-state index contributed by atoms with van der Waals surface area (Å²) in [6, 6.07) is 0. The van der Waals surface area contributed by atoms with E-state index in [9.17, 15) is 20.2 Å². The molecule has 3 aromatic rings. The quantitative estimate of drug-likeness (QED) is 0.468. The molecule has 3 N–H and O–H groups in total. The molecule has 30 heavy (non-hydrogen) atoms. The molecule has 0 atom stereocenters. The van der Waals surface area contributed by atoms with Crippen LogP contribution in [0.25, 0.3) is 0 Å². The van der Waals surface area contributed by atoms with Crippen molar-refractivity contribution in [3.05, 3.63) is 54.4 Å². The van der Waals surface area contributed by atoms with Gasteiger partial charge in [-0.3, -0.25) is 34.7 Å². The highest BCUT2D eigenvalue weighted by Crippen LogP contribution is 2.20. The Hall–Kier alpha value is -3.77. The van der Waals surface area contributed by atoms with Crippen molar-refractivity contribution in [3.63, 3.8) is 0 Å². The standard InChI is InChI=1S/C6H9N3O2.C6H11N3.C5H7N3O2/c1-4-6(9(10)11)5(2)8(3)7-4;1-4-6(7)5(2)9(3)8-4;1-3-5(8(9)10)4(2)7-6-3/h1-3H3;7H2,1-3H3;1-2H3,(H,6,7). The first kappa shape index (κ1) is 24.3. The van der Waals surface area contributed by atoms with E-state index in [0.29, 0.717) is 22.8 Å². The molecule has 0 saturated heterocycles. The summed E-state index contributed by atoms with van der Waals surface area (Å²) < 4.78 is 3.29. The van der Waals surface area contributed by atoms with Crippen molar-refractivity contribution in [2.75, 3.05) is 5.73 Å². The number of nitrogens with one attached hydrogen (secondary N) is 1. The van der Waals surface area contributed by atoms with Gasteiger partial charge in [-0.05, 0) is 41.5 Å². The molecule has 3 aromatic heterocycles. The maximum atomic E-state index is 10.4. The average Bonchev–Trinajstić information content (AvgIpc) is 3.18. The highest BCUT2D eigenvalue weighted by Gasteiger charge is 2.19. The Morgan fingerprint density at radius 2 is 1.27 bits per heavy atom. The van der Waals surface area contributed by atoms with Crippen LogP contribution in [0.2, 0.25) is 0 Å². The smallest absolute Gasteiger partial charge is 0.312 e. The second-order valence-electron chi connectivity index (χ2n) is 6.65. The molecule has 0 saturated carbocycles. The molecule has 0 radical (unpaired) electrons. The Labute approximate surface area is 173 Å². The topological polar surface area (TPSA) is 177 Å².